The molecule has 0 radical (unpaired) electrons. The molecule has 0 unspecified atom stereocenters. The number of benzene rings is 1. The van der Waals surface area contributed by atoms with Gasteiger partial charge < -0.3 is 10.2 Å². The van der Waals surface area contributed by atoms with E-state index in [0.717, 1.165) is 38.6 Å². The van der Waals surface area contributed by atoms with Crippen molar-refractivity contribution in [1.29, 1.82) is 0 Å². The number of hydrogen-bond donors (Lipinski definition) is 1. The van der Waals surface area contributed by atoms with Crippen LogP contribution in [-0.2, 0) is 11.2 Å². The van der Waals surface area contributed by atoms with Gasteiger partial charge in [0, 0.05) is 37.9 Å². The number of piperazine rings is 1. The van der Waals surface area contributed by atoms with Crippen LogP contribution in [-0.4, -0.2) is 49.1 Å². The van der Waals surface area contributed by atoms with Gasteiger partial charge in [0.2, 0.25) is 5.91 Å². The average Bonchev–Trinajstić information content (AvgIpc) is 3.15. The number of amides is 1. The second kappa shape index (κ2) is 6.75. The minimum Gasteiger partial charge on any atom is -0.365 e. The third kappa shape index (κ3) is 2.81. The molecule has 130 valence electrons. The Morgan fingerprint density at radius 2 is 2.00 bits per heavy atom. The van der Waals surface area contributed by atoms with Crippen LogP contribution in [0.1, 0.15) is 38.2 Å². The molecule has 2 heterocycles. The van der Waals surface area contributed by atoms with Crippen LogP contribution in [0.2, 0.25) is 0 Å². The number of carbonyl (C=O) groups is 1. The molecule has 4 rings (SSSR count). The summed E-state index contributed by atoms with van der Waals surface area (Å²) in [7, 11) is 0. The third-order valence-electron chi connectivity index (χ3n) is 6.18. The summed E-state index contributed by atoms with van der Waals surface area (Å²) in [5.74, 6) is 0.305. The molecule has 1 N–H and O–H groups in total. The van der Waals surface area contributed by atoms with Crippen molar-refractivity contribution in [3.8, 4) is 0 Å². The molecule has 0 bridgehead atoms. The lowest BCUT2D eigenvalue weighted by Gasteiger charge is -2.50. The molecular formula is C20H29N3O. The standard InChI is InChI=1S/C20H29N3O/c1-2-21-20(24)17-13-15-7-3-6-10-18(15)23-12-11-22(14-19(17)23)16-8-4-5-9-16/h3,6-7,10,16-17,19H,2,4-5,8-9,11-14H2,1H3,(H,21,24)/t17-,19+/m1/s1. The fourth-order valence-electron chi connectivity index (χ4n) is 4.99. The van der Waals surface area contributed by atoms with E-state index in [1.807, 2.05) is 6.92 Å². The van der Waals surface area contributed by atoms with Crippen molar-refractivity contribution in [3.05, 3.63) is 29.8 Å². The highest BCUT2D eigenvalue weighted by molar-refractivity contribution is 5.82. The monoisotopic (exact) mass is 327 g/mol. The topological polar surface area (TPSA) is 35.6 Å². The van der Waals surface area contributed by atoms with E-state index >= 15 is 0 Å². The minimum atomic E-state index is 0.0732. The lowest BCUT2D eigenvalue weighted by atomic mass is 9.83. The van der Waals surface area contributed by atoms with Crippen LogP contribution >= 0.6 is 0 Å². The Labute approximate surface area is 145 Å². The minimum absolute atomic E-state index is 0.0732. The SMILES string of the molecule is CCNC(=O)[C@@H]1Cc2ccccc2N2CCN(C3CCCC3)C[C@@H]12. The summed E-state index contributed by atoms with van der Waals surface area (Å²) >= 11 is 0. The van der Waals surface area contributed by atoms with Gasteiger partial charge in [-0.2, -0.15) is 0 Å². The first-order valence-electron chi connectivity index (χ1n) is 9.64. The van der Waals surface area contributed by atoms with Crippen molar-refractivity contribution >= 4 is 11.6 Å². The van der Waals surface area contributed by atoms with Gasteiger partial charge in [0.05, 0.1) is 12.0 Å². The molecule has 2 fully saturated rings. The fraction of sp³-hybridized carbons (Fsp3) is 0.650. The van der Waals surface area contributed by atoms with E-state index in [1.165, 1.54) is 36.9 Å². The summed E-state index contributed by atoms with van der Waals surface area (Å²) in [6.07, 6.45) is 6.31. The number of nitrogens with zero attached hydrogens (tertiary/aromatic N) is 2. The number of carbonyl (C=O) groups excluding carboxylic acids is 1. The molecule has 3 aliphatic rings. The lowest BCUT2D eigenvalue weighted by Crippen LogP contribution is -2.62. The maximum Gasteiger partial charge on any atom is 0.225 e. The maximum atomic E-state index is 12.7. The van der Waals surface area contributed by atoms with Crippen LogP contribution in [0.15, 0.2) is 24.3 Å². The van der Waals surface area contributed by atoms with Crippen LogP contribution in [0.5, 0.6) is 0 Å². The molecule has 2 atom stereocenters. The summed E-state index contributed by atoms with van der Waals surface area (Å²) in [5, 5.41) is 3.08. The zero-order valence-corrected chi connectivity index (χ0v) is 14.7. The van der Waals surface area contributed by atoms with Gasteiger partial charge in [-0.15, -0.1) is 0 Å². The molecule has 1 aliphatic carbocycles. The van der Waals surface area contributed by atoms with Crippen LogP contribution in [0.25, 0.3) is 0 Å². The van der Waals surface area contributed by atoms with E-state index in [1.54, 1.807) is 0 Å². The van der Waals surface area contributed by atoms with Gasteiger partial charge in [-0.25, -0.2) is 0 Å². The van der Waals surface area contributed by atoms with E-state index < -0.39 is 0 Å². The summed E-state index contributed by atoms with van der Waals surface area (Å²) in [6, 6.07) is 9.73. The quantitative estimate of drug-likeness (QED) is 0.926. The first-order chi connectivity index (χ1) is 11.8. The van der Waals surface area contributed by atoms with Crippen LogP contribution in [0.4, 0.5) is 5.69 Å². The van der Waals surface area contributed by atoms with Gasteiger partial charge in [-0.3, -0.25) is 9.69 Å². The van der Waals surface area contributed by atoms with Gasteiger partial charge in [0.25, 0.3) is 0 Å². The molecule has 24 heavy (non-hydrogen) atoms. The Morgan fingerprint density at radius 1 is 1.21 bits per heavy atom. The largest absolute Gasteiger partial charge is 0.365 e. The number of fused-ring (bicyclic) bond motifs is 3. The number of nitrogens with one attached hydrogen (secondary N) is 1. The van der Waals surface area contributed by atoms with Crippen LogP contribution in [0.3, 0.4) is 0 Å². The van der Waals surface area contributed by atoms with Gasteiger partial charge in [0.15, 0.2) is 0 Å². The van der Waals surface area contributed by atoms with Crippen molar-refractivity contribution in [2.45, 2.75) is 51.1 Å². The molecule has 0 aromatic heterocycles. The van der Waals surface area contributed by atoms with Crippen LogP contribution in [0, 0.1) is 5.92 Å². The van der Waals surface area contributed by atoms with E-state index in [4.69, 9.17) is 0 Å². The Balaban J connectivity index is 1.61. The molecule has 4 heteroatoms. The molecule has 2 aliphatic heterocycles. The number of anilines is 1. The molecule has 1 amide bonds. The highest BCUT2D eigenvalue weighted by Crippen LogP contribution is 2.37. The maximum absolute atomic E-state index is 12.7. The normalized spacial score (nSPS) is 27.6. The Morgan fingerprint density at radius 3 is 2.79 bits per heavy atom. The van der Waals surface area contributed by atoms with Gasteiger partial charge in [-0.1, -0.05) is 31.0 Å². The Bertz CT molecular complexity index is 596. The van der Waals surface area contributed by atoms with Gasteiger partial charge >= 0.3 is 0 Å². The second-order valence-electron chi connectivity index (χ2n) is 7.53. The summed E-state index contributed by atoms with van der Waals surface area (Å²) in [4.78, 5) is 17.9. The molecule has 1 saturated carbocycles. The van der Waals surface area contributed by atoms with Crippen molar-refractivity contribution in [2.75, 3.05) is 31.1 Å². The fourth-order valence-corrected chi connectivity index (χ4v) is 4.99. The lowest BCUT2D eigenvalue weighted by molar-refractivity contribution is -0.126. The van der Waals surface area contributed by atoms with E-state index in [2.05, 4.69) is 39.4 Å². The molecule has 1 aromatic carbocycles. The number of para-hydroxylation sites is 1. The predicted molar refractivity (Wildman–Crippen MR) is 97.3 cm³/mol. The molecule has 0 spiro atoms. The van der Waals surface area contributed by atoms with Crippen LogP contribution < -0.4 is 10.2 Å². The summed E-state index contributed by atoms with van der Waals surface area (Å²) < 4.78 is 0. The molecule has 1 saturated heterocycles. The average molecular weight is 327 g/mol. The van der Waals surface area contributed by atoms with Gasteiger partial charge in [-0.05, 0) is 37.8 Å². The molecular weight excluding hydrogens is 298 g/mol. The van der Waals surface area contributed by atoms with E-state index in [9.17, 15) is 4.79 Å². The Hall–Kier alpha value is -1.55. The van der Waals surface area contributed by atoms with Crippen molar-refractivity contribution in [2.24, 2.45) is 5.92 Å². The highest BCUT2D eigenvalue weighted by Gasteiger charge is 2.42. The first-order valence-corrected chi connectivity index (χ1v) is 9.64. The van der Waals surface area contributed by atoms with E-state index in [-0.39, 0.29) is 11.8 Å². The van der Waals surface area contributed by atoms with E-state index in [0.29, 0.717) is 6.04 Å². The number of rotatable bonds is 3. The molecule has 4 nitrogen and oxygen atoms in total. The second-order valence-corrected chi connectivity index (χ2v) is 7.53. The summed E-state index contributed by atoms with van der Waals surface area (Å²) in [6.45, 7) is 5.96. The molecule has 1 aromatic rings. The van der Waals surface area contributed by atoms with Crippen molar-refractivity contribution in [3.63, 3.8) is 0 Å². The summed E-state index contributed by atoms with van der Waals surface area (Å²) in [5.41, 5.74) is 2.69. The highest BCUT2D eigenvalue weighted by atomic mass is 16.1. The Kier molecular flexibility index (Phi) is 4.49. The van der Waals surface area contributed by atoms with Crippen molar-refractivity contribution < 1.29 is 4.79 Å². The zero-order chi connectivity index (χ0) is 16.5. The zero-order valence-electron chi connectivity index (χ0n) is 14.7. The smallest absolute Gasteiger partial charge is 0.225 e. The van der Waals surface area contributed by atoms with Crippen molar-refractivity contribution in [1.82, 2.24) is 10.2 Å². The first kappa shape index (κ1) is 15.9. The predicted octanol–water partition coefficient (Wildman–Crippen LogP) is 2.43. The van der Waals surface area contributed by atoms with Gasteiger partial charge in [0.1, 0.15) is 0 Å². The third-order valence-corrected chi connectivity index (χ3v) is 6.18. The number of hydrogen-bond acceptors (Lipinski definition) is 3.